The highest BCUT2D eigenvalue weighted by Crippen LogP contribution is 2.58. The summed E-state index contributed by atoms with van der Waals surface area (Å²) in [5.74, 6) is 0.699. The van der Waals surface area contributed by atoms with Crippen LogP contribution in [0.1, 0.15) is 48.8 Å². The summed E-state index contributed by atoms with van der Waals surface area (Å²) in [6, 6.07) is 55.8. The lowest BCUT2D eigenvalue weighted by molar-refractivity contribution is 0.353. The van der Waals surface area contributed by atoms with Gasteiger partial charge in [0.2, 0.25) is 0 Å². The van der Waals surface area contributed by atoms with Gasteiger partial charge in [-0.15, -0.1) is 0 Å². The van der Waals surface area contributed by atoms with E-state index in [1.54, 1.807) is 0 Å². The van der Waals surface area contributed by atoms with Crippen LogP contribution in [0.2, 0.25) is 0 Å². The number of hydrogen-bond donors (Lipinski definition) is 0. The minimum atomic E-state index is -0.0511. The molecule has 1 fully saturated rings. The van der Waals surface area contributed by atoms with Gasteiger partial charge in [-0.25, -0.2) is 9.97 Å². The first-order valence-corrected chi connectivity index (χ1v) is 17.6. The van der Waals surface area contributed by atoms with Gasteiger partial charge in [0.1, 0.15) is 0 Å². The first-order chi connectivity index (χ1) is 24.7. The molecule has 0 bridgehead atoms. The number of fused-ring (bicyclic) bond motifs is 5. The standard InChI is InChI=1S/C47H35N3/c48-31-32-25-26-40-42(29-32)47(27-12-3-13-28-47)41-24-14-23-39(45(40)41)36-20-9-11-22-38(36)44-30-43(49-46(50-44)34-17-6-2-7-18-34)37-21-10-8-19-35(37)33-15-4-1-5-16-33/h1-2,4-11,14-26,29-30H,3,12-13,27-28H2. The van der Waals surface area contributed by atoms with Crippen LogP contribution in [0.5, 0.6) is 0 Å². The van der Waals surface area contributed by atoms with Crippen LogP contribution in [0, 0.1) is 11.3 Å². The molecule has 0 radical (unpaired) electrons. The maximum absolute atomic E-state index is 9.90. The third-order valence-corrected chi connectivity index (χ3v) is 10.8. The zero-order valence-corrected chi connectivity index (χ0v) is 27.8. The lowest BCUT2D eigenvalue weighted by atomic mass is 9.67. The third-order valence-electron chi connectivity index (χ3n) is 10.8. The predicted octanol–water partition coefficient (Wildman–Crippen LogP) is 11.9. The molecule has 0 saturated heterocycles. The average molecular weight is 642 g/mol. The van der Waals surface area contributed by atoms with E-state index >= 15 is 0 Å². The minimum absolute atomic E-state index is 0.0511. The van der Waals surface area contributed by atoms with Gasteiger partial charge in [0.25, 0.3) is 0 Å². The Kier molecular flexibility index (Phi) is 7.44. The molecule has 0 amide bonds. The maximum Gasteiger partial charge on any atom is 0.160 e. The van der Waals surface area contributed by atoms with E-state index in [2.05, 4.69) is 133 Å². The van der Waals surface area contributed by atoms with Crippen LogP contribution < -0.4 is 0 Å². The highest BCUT2D eigenvalue weighted by Gasteiger charge is 2.44. The average Bonchev–Trinajstić information content (AvgIpc) is 3.46. The van der Waals surface area contributed by atoms with Crippen molar-refractivity contribution in [2.24, 2.45) is 0 Å². The van der Waals surface area contributed by atoms with Crippen LogP contribution in [-0.4, -0.2) is 9.97 Å². The van der Waals surface area contributed by atoms with Crippen molar-refractivity contribution in [1.29, 1.82) is 5.26 Å². The van der Waals surface area contributed by atoms with Crippen LogP contribution in [0.3, 0.4) is 0 Å². The summed E-state index contributed by atoms with van der Waals surface area (Å²) in [5, 5.41) is 9.90. The Hall–Kier alpha value is -6.11. The van der Waals surface area contributed by atoms with Crippen molar-refractivity contribution >= 4 is 0 Å². The van der Waals surface area contributed by atoms with E-state index in [-0.39, 0.29) is 5.41 Å². The van der Waals surface area contributed by atoms with Crippen molar-refractivity contribution in [3.05, 3.63) is 168 Å². The van der Waals surface area contributed by atoms with Crippen LogP contribution in [-0.2, 0) is 5.41 Å². The van der Waals surface area contributed by atoms with Crippen LogP contribution >= 0.6 is 0 Å². The molecular weight excluding hydrogens is 607 g/mol. The first kappa shape index (κ1) is 30.0. The molecule has 1 heterocycles. The van der Waals surface area contributed by atoms with Crippen molar-refractivity contribution in [2.75, 3.05) is 0 Å². The molecule has 0 aliphatic heterocycles. The van der Waals surface area contributed by atoms with Gasteiger partial charge < -0.3 is 0 Å². The molecule has 1 aromatic heterocycles. The molecule has 7 aromatic rings. The number of aromatic nitrogens is 2. The molecule has 2 aliphatic rings. The monoisotopic (exact) mass is 641 g/mol. The fraction of sp³-hybridized carbons (Fsp3) is 0.128. The number of rotatable bonds is 5. The molecule has 1 spiro atoms. The maximum atomic E-state index is 9.90. The summed E-state index contributed by atoms with van der Waals surface area (Å²) < 4.78 is 0. The fourth-order valence-electron chi connectivity index (χ4n) is 8.49. The normalized spacial score (nSPS) is 14.1. The Balaban J connectivity index is 1.27. The van der Waals surface area contributed by atoms with E-state index in [1.165, 1.54) is 47.1 Å². The summed E-state index contributed by atoms with van der Waals surface area (Å²) in [7, 11) is 0. The van der Waals surface area contributed by atoms with E-state index in [0.29, 0.717) is 5.82 Å². The largest absolute Gasteiger partial charge is 0.228 e. The summed E-state index contributed by atoms with van der Waals surface area (Å²) in [6.45, 7) is 0. The number of hydrogen-bond acceptors (Lipinski definition) is 3. The quantitative estimate of drug-likeness (QED) is 0.188. The zero-order valence-electron chi connectivity index (χ0n) is 27.8. The summed E-state index contributed by atoms with van der Waals surface area (Å²) in [5.41, 5.74) is 15.5. The predicted molar refractivity (Wildman–Crippen MR) is 203 cm³/mol. The SMILES string of the molecule is N#Cc1ccc2c(c1)C1(CCCCC1)c1cccc(-c3ccccc3-c3cc(-c4ccccc4-c4ccccc4)nc(-c4ccccc4)n3)c1-2. The molecule has 0 atom stereocenters. The van der Waals surface area contributed by atoms with Gasteiger partial charge in [-0.05, 0) is 75.5 Å². The van der Waals surface area contributed by atoms with Crippen LogP contribution in [0.4, 0.5) is 0 Å². The number of nitriles is 1. The van der Waals surface area contributed by atoms with Gasteiger partial charge in [0.15, 0.2) is 5.82 Å². The molecule has 0 N–H and O–H groups in total. The second-order valence-corrected chi connectivity index (χ2v) is 13.5. The number of benzene rings is 6. The smallest absolute Gasteiger partial charge is 0.160 e. The van der Waals surface area contributed by atoms with Crippen molar-refractivity contribution in [3.8, 4) is 73.4 Å². The van der Waals surface area contributed by atoms with Crippen molar-refractivity contribution in [3.63, 3.8) is 0 Å². The summed E-state index contributed by atoms with van der Waals surface area (Å²) in [6.07, 6.45) is 5.90. The summed E-state index contributed by atoms with van der Waals surface area (Å²) >= 11 is 0. The van der Waals surface area contributed by atoms with E-state index in [9.17, 15) is 5.26 Å². The second-order valence-electron chi connectivity index (χ2n) is 13.5. The molecule has 1 saturated carbocycles. The highest BCUT2D eigenvalue weighted by atomic mass is 14.9. The molecule has 238 valence electrons. The van der Waals surface area contributed by atoms with Gasteiger partial charge >= 0.3 is 0 Å². The van der Waals surface area contributed by atoms with Gasteiger partial charge in [0, 0.05) is 22.1 Å². The molecule has 3 nitrogen and oxygen atoms in total. The van der Waals surface area contributed by atoms with E-state index < -0.39 is 0 Å². The summed E-state index contributed by atoms with van der Waals surface area (Å²) in [4.78, 5) is 10.5. The van der Waals surface area contributed by atoms with E-state index in [0.717, 1.165) is 63.2 Å². The van der Waals surface area contributed by atoms with Gasteiger partial charge in [-0.3, -0.25) is 0 Å². The molecule has 6 aromatic carbocycles. The van der Waals surface area contributed by atoms with Crippen molar-refractivity contribution < 1.29 is 0 Å². The van der Waals surface area contributed by atoms with Crippen molar-refractivity contribution in [1.82, 2.24) is 9.97 Å². The first-order valence-electron chi connectivity index (χ1n) is 17.6. The molecule has 50 heavy (non-hydrogen) atoms. The van der Waals surface area contributed by atoms with Crippen molar-refractivity contribution in [2.45, 2.75) is 37.5 Å². The Bertz CT molecular complexity index is 2410. The van der Waals surface area contributed by atoms with E-state index in [1.807, 2.05) is 24.3 Å². The Morgan fingerprint density at radius 3 is 1.72 bits per heavy atom. The molecule has 9 rings (SSSR count). The zero-order chi connectivity index (χ0) is 33.5. The van der Waals surface area contributed by atoms with Crippen LogP contribution in [0.15, 0.2) is 152 Å². The molecule has 3 heteroatoms. The van der Waals surface area contributed by atoms with Gasteiger partial charge in [-0.2, -0.15) is 5.26 Å². The topological polar surface area (TPSA) is 49.6 Å². The molecule has 2 aliphatic carbocycles. The Labute approximate surface area is 293 Å². The number of nitrogens with zero attached hydrogens (tertiary/aromatic N) is 3. The van der Waals surface area contributed by atoms with Gasteiger partial charge in [0.05, 0.1) is 23.0 Å². The lowest BCUT2D eigenvalue weighted by Gasteiger charge is -2.36. The van der Waals surface area contributed by atoms with Gasteiger partial charge in [-0.1, -0.05) is 153 Å². The van der Waals surface area contributed by atoms with Crippen LogP contribution in [0.25, 0.3) is 67.3 Å². The highest BCUT2D eigenvalue weighted by molar-refractivity contribution is 5.97. The van der Waals surface area contributed by atoms with E-state index in [4.69, 9.17) is 9.97 Å². The minimum Gasteiger partial charge on any atom is -0.228 e. The fourth-order valence-corrected chi connectivity index (χ4v) is 8.49. The Morgan fingerprint density at radius 1 is 0.460 bits per heavy atom. The molecular formula is C47H35N3. The molecule has 0 unspecified atom stereocenters. The second kappa shape index (κ2) is 12.4. The Morgan fingerprint density at radius 2 is 1.04 bits per heavy atom. The third kappa shape index (κ3) is 4.96. The lowest BCUT2D eigenvalue weighted by Crippen LogP contribution is -2.28.